The summed E-state index contributed by atoms with van der Waals surface area (Å²) in [6, 6.07) is 1.93. The van der Waals surface area contributed by atoms with Crippen LogP contribution < -0.4 is 4.74 Å². The molecule has 0 spiro atoms. The Bertz CT molecular complexity index is 293. The molecule has 0 unspecified atom stereocenters. The SMILES string of the molecule is CCCCOc1ncc(Br)cc1CCl. The van der Waals surface area contributed by atoms with Gasteiger partial charge >= 0.3 is 0 Å². The number of hydrogen-bond acceptors (Lipinski definition) is 2. The monoisotopic (exact) mass is 277 g/mol. The largest absolute Gasteiger partial charge is 0.477 e. The fraction of sp³-hybridized carbons (Fsp3) is 0.500. The molecule has 1 aromatic heterocycles. The maximum atomic E-state index is 5.78. The third-order valence-electron chi connectivity index (χ3n) is 1.77. The molecule has 0 fully saturated rings. The molecule has 0 atom stereocenters. The van der Waals surface area contributed by atoms with E-state index in [-0.39, 0.29) is 0 Å². The van der Waals surface area contributed by atoms with Gasteiger partial charge in [-0.2, -0.15) is 0 Å². The summed E-state index contributed by atoms with van der Waals surface area (Å²) in [5, 5.41) is 0. The lowest BCUT2D eigenvalue weighted by Gasteiger charge is -2.08. The van der Waals surface area contributed by atoms with Gasteiger partial charge in [-0.15, -0.1) is 11.6 Å². The Morgan fingerprint density at radius 2 is 2.36 bits per heavy atom. The molecule has 2 nitrogen and oxygen atoms in total. The van der Waals surface area contributed by atoms with Crippen LogP contribution in [-0.2, 0) is 5.88 Å². The Morgan fingerprint density at radius 1 is 1.57 bits per heavy atom. The molecule has 0 N–H and O–H groups in total. The Hall–Kier alpha value is -0.280. The number of hydrogen-bond donors (Lipinski definition) is 0. The molecule has 1 rings (SSSR count). The van der Waals surface area contributed by atoms with Crippen molar-refractivity contribution in [1.29, 1.82) is 0 Å². The van der Waals surface area contributed by atoms with Crippen LogP contribution in [0.2, 0.25) is 0 Å². The van der Waals surface area contributed by atoms with E-state index in [0.29, 0.717) is 18.4 Å². The molecule has 78 valence electrons. The van der Waals surface area contributed by atoms with E-state index in [1.54, 1.807) is 6.20 Å². The number of rotatable bonds is 5. The number of pyridine rings is 1. The fourth-order valence-corrected chi connectivity index (χ4v) is 1.58. The fourth-order valence-electron chi connectivity index (χ4n) is 1.01. The van der Waals surface area contributed by atoms with Crippen LogP contribution in [0.5, 0.6) is 5.88 Å². The van der Waals surface area contributed by atoms with Gasteiger partial charge in [-0.3, -0.25) is 0 Å². The molecule has 0 aliphatic rings. The van der Waals surface area contributed by atoms with Gasteiger partial charge in [0.2, 0.25) is 5.88 Å². The topological polar surface area (TPSA) is 22.1 Å². The van der Waals surface area contributed by atoms with Gasteiger partial charge in [0.1, 0.15) is 0 Å². The van der Waals surface area contributed by atoms with Crippen molar-refractivity contribution in [2.75, 3.05) is 6.61 Å². The quantitative estimate of drug-likeness (QED) is 0.604. The smallest absolute Gasteiger partial charge is 0.217 e. The zero-order valence-electron chi connectivity index (χ0n) is 8.09. The molecule has 0 amide bonds. The van der Waals surface area contributed by atoms with Crippen LogP contribution in [0.25, 0.3) is 0 Å². The first-order chi connectivity index (χ1) is 6.77. The predicted molar refractivity (Wildman–Crippen MR) is 61.9 cm³/mol. The summed E-state index contributed by atoms with van der Waals surface area (Å²) in [6.07, 6.45) is 3.88. The number of unbranched alkanes of at least 4 members (excludes halogenated alkanes) is 1. The summed E-state index contributed by atoms with van der Waals surface area (Å²) in [5.41, 5.74) is 0.928. The second-order valence-electron chi connectivity index (χ2n) is 2.95. The van der Waals surface area contributed by atoms with Crippen LogP contribution in [0.4, 0.5) is 0 Å². The third kappa shape index (κ3) is 3.46. The first kappa shape index (κ1) is 11.8. The van der Waals surface area contributed by atoms with Crippen molar-refractivity contribution in [2.24, 2.45) is 0 Å². The Kier molecular flexibility index (Phi) is 5.26. The summed E-state index contributed by atoms with van der Waals surface area (Å²) in [5.74, 6) is 1.07. The highest BCUT2D eigenvalue weighted by Gasteiger charge is 2.04. The van der Waals surface area contributed by atoms with Gasteiger partial charge in [0.05, 0.1) is 12.5 Å². The predicted octanol–water partition coefficient (Wildman–Crippen LogP) is 3.76. The molecular formula is C10H13BrClNO. The van der Waals surface area contributed by atoms with Crippen LogP contribution >= 0.6 is 27.5 Å². The minimum absolute atomic E-state index is 0.425. The van der Waals surface area contributed by atoms with Gasteiger partial charge in [-0.05, 0) is 28.4 Å². The highest BCUT2D eigenvalue weighted by Crippen LogP contribution is 2.21. The lowest BCUT2D eigenvalue weighted by Crippen LogP contribution is -2.01. The standard InChI is InChI=1S/C10H13BrClNO/c1-2-3-4-14-10-8(6-12)5-9(11)7-13-10/h5,7H,2-4,6H2,1H3. The Morgan fingerprint density at radius 3 is 3.00 bits per heavy atom. The molecule has 1 aromatic rings. The number of nitrogens with zero attached hydrogens (tertiary/aromatic N) is 1. The van der Waals surface area contributed by atoms with Gasteiger partial charge in [0.25, 0.3) is 0 Å². The molecule has 4 heteroatoms. The zero-order chi connectivity index (χ0) is 10.4. The average Bonchev–Trinajstić information content (AvgIpc) is 2.20. The second kappa shape index (κ2) is 6.25. The van der Waals surface area contributed by atoms with Crippen molar-refractivity contribution in [3.8, 4) is 5.88 Å². The van der Waals surface area contributed by atoms with Gasteiger partial charge in [-0.1, -0.05) is 13.3 Å². The van der Waals surface area contributed by atoms with E-state index in [1.807, 2.05) is 6.07 Å². The van der Waals surface area contributed by atoms with Crippen LogP contribution in [0.3, 0.4) is 0 Å². The molecule has 0 bridgehead atoms. The van der Waals surface area contributed by atoms with Gasteiger partial charge in [0, 0.05) is 16.2 Å². The van der Waals surface area contributed by atoms with Crippen LogP contribution in [0.1, 0.15) is 25.3 Å². The van der Waals surface area contributed by atoms with E-state index >= 15 is 0 Å². The van der Waals surface area contributed by atoms with E-state index in [0.717, 1.165) is 22.9 Å². The van der Waals surface area contributed by atoms with Crippen molar-refractivity contribution in [3.05, 3.63) is 22.3 Å². The lowest BCUT2D eigenvalue weighted by molar-refractivity contribution is 0.295. The van der Waals surface area contributed by atoms with Crippen molar-refractivity contribution >= 4 is 27.5 Å². The summed E-state index contributed by atoms with van der Waals surface area (Å²) < 4.78 is 6.43. The van der Waals surface area contributed by atoms with Crippen molar-refractivity contribution < 1.29 is 4.74 Å². The molecule has 14 heavy (non-hydrogen) atoms. The molecule has 0 saturated carbocycles. The second-order valence-corrected chi connectivity index (χ2v) is 4.14. The maximum Gasteiger partial charge on any atom is 0.217 e. The summed E-state index contributed by atoms with van der Waals surface area (Å²) in [7, 11) is 0. The third-order valence-corrected chi connectivity index (χ3v) is 2.49. The first-order valence-electron chi connectivity index (χ1n) is 4.61. The van der Waals surface area contributed by atoms with Crippen LogP contribution in [0, 0.1) is 0 Å². The molecule has 0 aromatic carbocycles. The van der Waals surface area contributed by atoms with Crippen LogP contribution in [0.15, 0.2) is 16.7 Å². The minimum Gasteiger partial charge on any atom is -0.477 e. The normalized spacial score (nSPS) is 10.2. The van der Waals surface area contributed by atoms with E-state index < -0.39 is 0 Å². The van der Waals surface area contributed by atoms with E-state index in [4.69, 9.17) is 16.3 Å². The number of ether oxygens (including phenoxy) is 1. The maximum absolute atomic E-state index is 5.78. The van der Waals surface area contributed by atoms with Crippen molar-refractivity contribution in [1.82, 2.24) is 4.98 Å². The molecule has 0 aliphatic heterocycles. The van der Waals surface area contributed by atoms with Crippen molar-refractivity contribution in [3.63, 3.8) is 0 Å². The van der Waals surface area contributed by atoms with E-state index in [2.05, 4.69) is 27.8 Å². The average molecular weight is 279 g/mol. The number of alkyl halides is 1. The Balaban J connectivity index is 2.65. The minimum atomic E-state index is 0.425. The zero-order valence-corrected chi connectivity index (χ0v) is 10.4. The van der Waals surface area contributed by atoms with E-state index in [1.165, 1.54) is 0 Å². The summed E-state index contributed by atoms with van der Waals surface area (Å²) >= 11 is 9.12. The summed E-state index contributed by atoms with van der Waals surface area (Å²) in [6.45, 7) is 2.83. The molecule has 0 radical (unpaired) electrons. The highest BCUT2D eigenvalue weighted by atomic mass is 79.9. The summed E-state index contributed by atoms with van der Waals surface area (Å²) in [4.78, 5) is 4.17. The van der Waals surface area contributed by atoms with Crippen LogP contribution in [-0.4, -0.2) is 11.6 Å². The number of aromatic nitrogens is 1. The first-order valence-corrected chi connectivity index (χ1v) is 5.94. The van der Waals surface area contributed by atoms with Crippen molar-refractivity contribution in [2.45, 2.75) is 25.6 Å². The molecule has 0 saturated heterocycles. The lowest BCUT2D eigenvalue weighted by atomic mass is 10.3. The Labute approximate surface area is 97.8 Å². The molecule has 0 aliphatic carbocycles. The van der Waals surface area contributed by atoms with E-state index in [9.17, 15) is 0 Å². The highest BCUT2D eigenvalue weighted by molar-refractivity contribution is 9.10. The molecular weight excluding hydrogens is 265 g/mol. The van der Waals surface area contributed by atoms with Gasteiger partial charge in [0.15, 0.2) is 0 Å². The number of halogens is 2. The van der Waals surface area contributed by atoms with Gasteiger partial charge < -0.3 is 4.74 Å². The molecule has 1 heterocycles. The van der Waals surface area contributed by atoms with Gasteiger partial charge in [-0.25, -0.2) is 4.98 Å².